The standard InChI is InChI=1S/C26H39NO4/c1-21(11-10-14-22-12-6-5-7-13-22)24(28)18-16-23-17-19-25(29)27(23)20-9-4-3-8-15-26(30)31-2/h4-7,9,12-13,21,23-24,28H,3,8,10-11,14-20H2,1-2H3/b9-4+/t21-,23-,24+/m0/s1. The second-order valence-electron chi connectivity index (χ2n) is 8.68. The van der Waals surface area contributed by atoms with E-state index in [9.17, 15) is 14.7 Å². The number of aliphatic hydroxyl groups excluding tert-OH is 1. The summed E-state index contributed by atoms with van der Waals surface area (Å²) in [5, 5.41) is 10.6. The number of aliphatic hydroxyl groups is 1. The first-order valence-electron chi connectivity index (χ1n) is 11.7. The first-order chi connectivity index (χ1) is 15.0. The van der Waals surface area contributed by atoms with Crippen molar-refractivity contribution in [3.63, 3.8) is 0 Å². The molecule has 5 heteroatoms. The van der Waals surface area contributed by atoms with Crippen molar-refractivity contribution in [2.75, 3.05) is 13.7 Å². The van der Waals surface area contributed by atoms with Crippen LogP contribution in [-0.4, -0.2) is 47.7 Å². The molecular weight excluding hydrogens is 390 g/mol. The van der Waals surface area contributed by atoms with Crippen LogP contribution in [0.5, 0.6) is 0 Å². The number of aryl methyl sites for hydroxylation is 1. The maximum atomic E-state index is 12.3. The van der Waals surface area contributed by atoms with E-state index in [-0.39, 0.29) is 29.9 Å². The van der Waals surface area contributed by atoms with Crippen molar-refractivity contribution in [3.8, 4) is 0 Å². The molecule has 1 aliphatic rings. The molecule has 1 aromatic rings. The molecule has 172 valence electrons. The summed E-state index contributed by atoms with van der Waals surface area (Å²) >= 11 is 0. The molecule has 3 atom stereocenters. The Labute approximate surface area is 187 Å². The topological polar surface area (TPSA) is 66.8 Å². The molecule has 0 aliphatic carbocycles. The third-order valence-electron chi connectivity index (χ3n) is 6.32. The number of hydrogen-bond donors (Lipinski definition) is 1. The van der Waals surface area contributed by atoms with Crippen molar-refractivity contribution in [1.29, 1.82) is 0 Å². The van der Waals surface area contributed by atoms with Gasteiger partial charge in [0.2, 0.25) is 5.91 Å². The molecule has 0 aromatic heterocycles. The van der Waals surface area contributed by atoms with Crippen LogP contribution in [0, 0.1) is 5.92 Å². The highest BCUT2D eigenvalue weighted by Crippen LogP contribution is 2.25. The van der Waals surface area contributed by atoms with E-state index in [0.29, 0.717) is 19.4 Å². The van der Waals surface area contributed by atoms with Crippen LogP contribution in [0.15, 0.2) is 42.5 Å². The van der Waals surface area contributed by atoms with Crippen LogP contribution in [-0.2, 0) is 20.7 Å². The highest BCUT2D eigenvalue weighted by atomic mass is 16.5. The Bertz CT molecular complexity index is 688. The van der Waals surface area contributed by atoms with Gasteiger partial charge in [0.15, 0.2) is 0 Å². The quantitative estimate of drug-likeness (QED) is 0.265. The summed E-state index contributed by atoms with van der Waals surface area (Å²) in [7, 11) is 1.40. The summed E-state index contributed by atoms with van der Waals surface area (Å²) in [4.78, 5) is 25.3. The van der Waals surface area contributed by atoms with Crippen LogP contribution < -0.4 is 0 Å². The van der Waals surface area contributed by atoms with Crippen molar-refractivity contribution in [1.82, 2.24) is 4.90 Å². The second kappa shape index (κ2) is 14.0. The van der Waals surface area contributed by atoms with Gasteiger partial charge < -0.3 is 14.7 Å². The number of ether oxygens (including phenoxy) is 1. The second-order valence-corrected chi connectivity index (χ2v) is 8.68. The third kappa shape index (κ3) is 9.26. The number of rotatable bonds is 14. The minimum absolute atomic E-state index is 0.184. The van der Waals surface area contributed by atoms with Crippen LogP contribution in [0.3, 0.4) is 0 Å². The van der Waals surface area contributed by atoms with Gasteiger partial charge in [-0.05, 0) is 62.8 Å². The van der Waals surface area contributed by atoms with Gasteiger partial charge in [0.1, 0.15) is 0 Å². The van der Waals surface area contributed by atoms with Gasteiger partial charge in [-0.3, -0.25) is 9.59 Å². The molecule has 31 heavy (non-hydrogen) atoms. The molecular formula is C26H39NO4. The van der Waals surface area contributed by atoms with E-state index in [1.807, 2.05) is 23.1 Å². The Hall–Kier alpha value is -2.14. The van der Waals surface area contributed by atoms with Gasteiger partial charge >= 0.3 is 5.97 Å². The Morgan fingerprint density at radius 3 is 2.74 bits per heavy atom. The number of unbranched alkanes of at least 4 members (excludes halogenated alkanes) is 1. The maximum absolute atomic E-state index is 12.3. The van der Waals surface area contributed by atoms with Crippen molar-refractivity contribution in [2.45, 2.75) is 83.3 Å². The zero-order chi connectivity index (χ0) is 22.5. The van der Waals surface area contributed by atoms with Gasteiger partial charge in [-0.2, -0.15) is 0 Å². The summed E-state index contributed by atoms with van der Waals surface area (Å²) < 4.78 is 4.63. The number of amides is 1. The monoisotopic (exact) mass is 429 g/mol. The van der Waals surface area contributed by atoms with E-state index in [1.54, 1.807) is 0 Å². The molecule has 1 aliphatic heterocycles. The molecule has 0 spiro atoms. The van der Waals surface area contributed by atoms with Gasteiger partial charge in [0.25, 0.3) is 0 Å². The lowest BCUT2D eigenvalue weighted by Crippen LogP contribution is -2.34. The average Bonchev–Trinajstić information content (AvgIpc) is 3.14. The Morgan fingerprint density at radius 2 is 2.00 bits per heavy atom. The Balaban J connectivity index is 1.66. The van der Waals surface area contributed by atoms with Crippen LogP contribution in [0.1, 0.15) is 70.3 Å². The largest absolute Gasteiger partial charge is 0.469 e. The molecule has 0 bridgehead atoms. The molecule has 1 aromatic carbocycles. The molecule has 0 radical (unpaired) electrons. The first kappa shape index (κ1) is 25.1. The lowest BCUT2D eigenvalue weighted by atomic mass is 9.92. The van der Waals surface area contributed by atoms with Gasteiger partial charge in [0.05, 0.1) is 13.2 Å². The van der Waals surface area contributed by atoms with E-state index in [1.165, 1.54) is 12.7 Å². The number of nitrogens with zero attached hydrogens (tertiary/aromatic N) is 1. The molecule has 5 nitrogen and oxygen atoms in total. The zero-order valence-corrected chi connectivity index (χ0v) is 19.2. The fourth-order valence-corrected chi connectivity index (χ4v) is 4.23. The predicted octanol–water partition coefficient (Wildman–Crippen LogP) is 4.68. The van der Waals surface area contributed by atoms with Gasteiger partial charge in [-0.15, -0.1) is 0 Å². The minimum atomic E-state index is -0.317. The van der Waals surface area contributed by atoms with Crippen LogP contribution >= 0.6 is 0 Å². The highest BCUT2D eigenvalue weighted by molar-refractivity contribution is 5.78. The first-order valence-corrected chi connectivity index (χ1v) is 11.7. The molecule has 1 amide bonds. The lowest BCUT2D eigenvalue weighted by molar-refractivity contribution is -0.140. The Morgan fingerprint density at radius 1 is 1.23 bits per heavy atom. The number of allylic oxidation sites excluding steroid dienone is 1. The van der Waals surface area contributed by atoms with E-state index in [2.05, 4.69) is 35.9 Å². The minimum Gasteiger partial charge on any atom is -0.469 e. The van der Waals surface area contributed by atoms with Crippen molar-refractivity contribution in [3.05, 3.63) is 48.0 Å². The van der Waals surface area contributed by atoms with E-state index >= 15 is 0 Å². The fourth-order valence-electron chi connectivity index (χ4n) is 4.23. The number of benzene rings is 1. The fraction of sp³-hybridized carbons (Fsp3) is 0.615. The average molecular weight is 430 g/mol. The van der Waals surface area contributed by atoms with Gasteiger partial charge in [-0.1, -0.05) is 49.4 Å². The number of methoxy groups -OCH3 is 1. The summed E-state index contributed by atoms with van der Waals surface area (Å²) in [6.07, 6.45) is 11.9. The van der Waals surface area contributed by atoms with Crippen molar-refractivity contribution in [2.24, 2.45) is 5.92 Å². The summed E-state index contributed by atoms with van der Waals surface area (Å²) in [5.74, 6) is 0.287. The van der Waals surface area contributed by atoms with E-state index in [0.717, 1.165) is 51.4 Å². The smallest absolute Gasteiger partial charge is 0.305 e. The van der Waals surface area contributed by atoms with E-state index in [4.69, 9.17) is 0 Å². The lowest BCUT2D eigenvalue weighted by Gasteiger charge is -2.26. The molecule has 0 saturated carbocycles. The Kier molecular flexibility index (Phi) is 11.4. The SMILES string of the molecule is COC(=O)CCC/C=C/CN1C(=O)CC[C@@H]1CC[C@@H](O)[C@@H](C)CCCc1ccccc1. The molecule has 2 rings (SSSR count). The van der Waals surface area contributed by atoms with Crippen molar-refractivity contribution < 1.29 is 19.4 Å². The molecule has 0 unspecified atom stereocenters. The van der Waals surface area contributed by atoms with Gasteiger partial charge in [0, 0.05) is 25.4 Å². The van der Waals surface area contributed by atoms with Crippen LogP contribution in [0.2, 0.25) is 0 Å². The number of likely N-dealkylation sites (tertiary alicyclic amines) is 1. The predicted molar refractivity (Wildman–Crippen MR) is 124 cm³/mol. The number of hydrogen-bond acceptors (Lipinski definition) is 4. The molecule has 1 heterocycles. The third-order valence-corrected chi connectivity index (χ3v) is 6.32. The summed E-state index contributed by atoms with van der Waals surface area (Å²) in [6, 6.07) is 10.7. The van der Waals surface area contributed by atoms with Crippen LogP contribution in [0.25, 0.3) is 0 Å². The molecule has 1 fully saturated rings. The molecule has 1 N–H and O–H groups in total. The van der Waals surface area contributed by atoms with Crippen LogP contribution in [0.4, 0.5) is 0 Å². The number of esters is 1. The normalized spacial score (nSPS) is 18.5. The summed E-state index contributed by atoms with van der Waals surface area (Å²) in [5.41, 5.74) is 1.35. The maximum Gasteiger partial charge on any atom is 0.305 e. The van der Waals surface area contributed by atoms with E-state index < -0.39 is 0 Å². The summed E-state index contributed by atoms with van der Waals surface area (Å²) in [6.45, 7) is 2.74. The van der Waals surface area contributed by atoms with Crippen molar-refractivity contribution >= 4 is 11.9 Å². The highest BCUT2D eigenvalue weighted by Gasteiger charge is 2.30. The number of carbonyl (C=O) groups excluding carboxylic acids is 2. The number of carbonyl (C=O) groups is 2. The van der Waals surface area contributed by atoms with Gasteiger partial charge in [-0.25, -0.2) is 0 Å². The zero-order valence-electron chi connectivity index (χ0n) is 19.2. The molecule has 1 saturated heterocycles.